The van der Waals surface area contributed by atoms with Crippen molar-refractivity contribution in [2.75, 3.05) is 18.9 Å². The van der Waals surface area contributed by atoms with Gasteiger partial charge < -0.3 is 15.3 Å². The molecule has 1 aromatic rings. The van der Waals surface area contributed by atoms with Crippen LogP contribution in [-0.4, -0.2) is 40.5 Å². The van der Waals surface area contributed by atoms with Gasteiger partial charge in [-0.2, -0.15) is 0 Å². The number of nitro groups is 1. The van der Waals surface area contributed by atoms with Crippen molar-refractivity contribution in [2.24, 2.45) is 0 Å². The number of carbonyl (C=O) groups excluding carboxylic acids is 1. The molecule has 23 heavy (non-hydrogen) atoms. The van der Waals surface area contributed by atoms with E-state index < -0.39 is 22.3 Å². The Kier molecular flexibility index (Phi) is 5.67. The molecule has 0 radical (unpaired) electrons. The molecule has 0 saturated carbocycles. The highest BCUT2D eigenvalue weighted by atomic mass is 16.6. The molecule has 0 aromatic heterocycles. The molecule has 8 nitrogen and oxygen atoms in total. The summed E-state index contributed by atoms with van der Waals surface area (Å²) in [4.78, 5) is 34.4. The maximum Gasteiger partial charge on any atom is 0.321 e. The minimum Gasteiger partial charge on any atom is -0.481 e. The third kappa shape index (κ3) is 5.24. The molecule has 0 unspecified atom stereocenters. The third-order valence-electron chi connectivity index (χ3n) is 3.26. The van der Waals surface area contributed by atoms with E-state index in [0.29, 0.717) is 5.56 Å². The van der Waals surface area contributed by atoms with Crippen molar-refractivity contribution in [1.82, 2.24) is 4.90 Å². The van der Waals surface area contributed by atoms with Gasteiger partial charge in [-0.3, -0.25) is 14.9 Å². The van der Waals surface area contributed by atoms with Gasteiger partial charge in [0.05, 0.1) is 11.3 Å². The van der Waals surface area contributed by atoms with Crippen LogP contribution in [0.1, 0.15) is 32.8 Å². The zero-order chi connectivity index (χ0) is 17.8. The van der Waals surface area contributed by atoms with Crippen LogP contribution in [0.2, 0.25) is 0 Å². The number of amides is 2. The van der Waals surface area contributed by atoms with Gasteiger partial charge in [-0.05, 0) is 17.5 Å². The quantitative estimate of drug-likeness (QED) is 0.639. The SMILES string of the molecule is CN(CCC(=O)O)C(=O)Nc1ccc(C(C)(C)C)c([N+](=O)[O-])c1. The number of nitrogens with zero attached hydrogens (tertiary/aromatic N) is 2. The molecule has 0 spiro atoms. The molecular weight excluding hydrogens is 302 g/mol. The number of hydrogen-bond acceptors (Lipinski definition) is 4. The van der Waals surface area contributed by atoms with E-state index in [1.807, 2.05) is 20.8 Å². The van der Waals surface area contributed by atoms with Crippen molar-refractivity contribution in [2.45, 2.75) is 32.6 Å². The van der Waals surface area contributed by atoms with E-state index in [9.17, 15) is 19.7 Å². The highest BCUT2D eigenvalue weighted by molar-refractivity contribution is 5.89. The lowest BCUT2D eigenvalue weighted by atomic mass is 9.85. The van der Waals surface area contributed by atoms with Crippen LogP contribution in [-0.2, 0) is 10.2 Å². The van der Waals surface area contributed by atoms with E-state index in [0.717, 1.165) is 0 Å². The number of carboxylic acids is 1. The Morgan fingerprint density at radius 2 is 1.96 bits per heavy atom. The van der Waals surface area contributed by atoms with E-state index in [-0.39, 0.29) is 24.3 Å². The number of rotatable bonds is 5. The van der Waals surface area contributed by atoms with Crippen LogP contribution in [0.4, 0.5) is 16.2 Å². The second kappa shape index (κ2) is 7.08. The van der Waals surface area contributed by atoms with Crippen molar-refractivity contribution in [3.8, 4) is 0 Å². The molecule has 0 saturated heterocycles. The summed E-state index contributed by atoms with van der Waals surface area (Å²) in [5.41, 5.74) is 0.392. The minimum atomic E-state index is -1.00. The fourth-order valence-corrected chi connectivity index (χ4v) is 1.98. The average Bonchev–Trinajstić information content (AvgIpc) is 2.43. The summed E-state index contributed by atoms with van der Waals surface area (Å²) in [6, 6.07) is 3.99. The Balaban J connectivity index is 2.94. The van der Waals surface area contributed by atoms with E-state index in [1.165, 1.54) is 18.0 Å². The van der Waals surface area contributed by atoms with Gasteiger partial charge in [-0.15, -0.1) is 0 Å². The number of nitro benzene ring substituents is 1. The monoisotopic (exact) mass is 323 g/mol. The maximum atomic E-state index is 11.9. The number of hydrogen-bond donors (Lipinski definition) is 2. The highest BCUT2D eigenvalue weighted by Gasteiger charge is 2.25. The summed E-state index contributed by atoms with van der Waals surface area (Å²) in [5, 5.41) is 22.4. The molecule has 1 aromatic carbocycles. The van der Waals surface area contributed by atoms with Crippen LogP contribution >= 0.6 is 0 Å². The van der Waals surface area contributed by atoms with Gasteiger partial charge in [0.1, 0.15) is 0 Å². The first kappa shape index (κ1) is 18.4. The van der Waals surface area contributed by atoms with Crippen molar-refractivity contribution in [3.05, 3.63) is 33.9 Å². The maximum absolute atomic E-state index is 11.9. The van der Waals surface area contributed by atoms with Crippen LogP contribution in [0.5, 0.6) is 0 Å². The average molecular weight is 323 g/mol. The largest absolute Gasteiger partial charge is 0.481 e. The van der Waals surface area contributed by atoms with Crippen molar-refractivity contribution in [3.63, 3.8) is 0 Å². The Labute approximate surface area is 134 Å². The number of carboxylic acid groups (broad SMARTS) is 1. The molecule has 0 atom stereocenters. The van der Waals surface area contributed by atoms with Gasteiger partial charge in [0.2, 0.25) is 0 Å². The van der Waals surface area contributed by atoms with Crippen molar-refractivity contribution in [1.29, 1.82) is 0 Å². The molecule has 2 N–H and O–H groups in total. The van der Waals surface area contributed by atoms with Crippen LogP contribution in [0.15, 0.2) is 18.2 Å². The normalized spacial score (nSPS) is 11.0. The van der Waals surface area contributed by atoms with E-state index in [1.54, 1.807) is 12.1 Å². The third-order valence-corrected chi connectivity index (χ3v) is 3.26. The summed E-state index contributed by atoms with van der Waals surface area (Å²) in [6.07, 6.45) is -0.174. The smallest absolute Gasteiger partial charge is 0.321 e. The molecule has 2 amide bonds. The molecule has 126 valence electrons. The summed E-state index contributed by atoms with van der Waals surface area (Å²) in [6.45, 7) is 5.65. The van der Waals surface area contributed by atoms with E-state index >= 15 is 0 Å². The van der Waals surface area contributed by atoms with Crippen LogP contribution in [0, 0.1) is 10.1 Å². The number of benzene rings is 1. The summed E-state index contributed by atoms with van der Waals surface area (Å²) < 4.78 is 0. The lowest BCUT2D eigenvalue weighted by Crippen LogP contribution is -2.33. The first-order chi connectivity index (χ1) is 10.5. The lowest BCUT2D eigenvalue weighted by Gasteiger charge is -2.20. The summed E-state index contributed by atoms with van der Waals surface area (Å²) >= 11 is 0. The Morgan fingerprint density at radius 3 is 2.43 bits per heavy atom. The Bertz CT molecular complexity index is 622. The first-order valence-corrected chi connectivity index (χ1v) is 7.05. The van der Waals surface area contributed by atoms with E-state index in [4.69, 9.17) is 5.11 Å². The number of urea groups is 1. The first-order valence-electron chi connectivity index (χ1n) is 7.05. The number of aliphatic carboxylic acids is 1. The Hall–Kier alpha value is -2.64. The molecule has 0 aliphatic carbocycles. The fraction of sp³-hybridized carbons (Fsp3) is 0.467. The molecule has 0 aliphatic heterocycles. The molecule has 0 heterocycles. The topological polar surface area (TPSA) is 113 Å². The van der Waals surface area contributed by atoms with Crippen molar-refractivity contribution < 1.29 is 19.6 Å². The fourth-order valence-electron chi connectivity index (χ4n) is 1.98. The predicted octanol–water partition coefficient (Wildman–Crippen LogP) is 2.83. The van der Waals surface area contributed by atoms with Crippen LogP contribution in [0.3, 0.4) is 0 Å². The van der Waals surface area contributed by atoms with Gasteiger partial charge in [0, 0.05) is 30.9 Å². The second-order valence-electron chi connectivity index (χ2n) is 6.23. The number of nitrogens with one attached hydrogen (secondary N) is 1. The predicted molar refractivity (Wildman–Crippen MR) is 85.7 cm³/mol. The molecule has 0 aliphatic rings. The number of anilines is 1. The van der Waals surface area contributed by atoms with E-state index in [2.05, 4.69) is 5.32 Å². The zero-order valence-corrected chi connectivity index (χ0v) is 13.6. The van der Waals surface area contributed by atoms with Crippen LogP contribution < -0.4 is 5.32 Å². The van der Waals surface area contributed by atoms with Crippen molar-refractivity contribution >= 4 is 23.4 Å². The molecular formula is C15H21N3O5. The Morgan fingerprint density at radius 1 is 1.35 bits per heavy atom. The lowest BCUT2D eigenvalue weighted by molar-refractivity contribution is -0.385. The summed E-state index contributed by atoms with van der Waals surface area (Å²) in [5.74, 6) is -1.00. The van der Waals surface area contributed by atoms with Gasteiger partial charge in [-0.25, -0.2) is 4.79 Å². The molecule has 8 heteroatoms. The molecule has 0 bridgehead atoms. The molecule has 0 fully saturated rings. The standard InChI is InChI=1S/C15H21N3O5/c1-15(2,3)11-6-5-10(9-12(11)18(22)23)16-14(21)17(4)8-7-13(19)20/h5-6,9H,7-8H2,1-4H3,(H,16,21)(H,19,20). The van der Waals surface area contributed by atoms with Gasteiger partial charge in [0.25, 0.3) is 5.69 Å². The van der Waals surface area contributed by atoms with Gasteiger partial charge in [0.15, 0.2) is 0 Å². The zero-order valence-electron chi connectivity index (χ0n) is 13.6. The highest BCUT2D eigenvalue weighted by Crippen LogP contribution is 2.33. The minimum absolute atomic E-state index is 0.0450. The van der Waals surface area contributed by atoms with Gasteiger partial charge >= 0.3 is 12.0 Å². The second-order valence-corrected chi connectivity index (χ2v) is 6.23. The van der Waals surface area contributed by atoms with Crippen LogP contribution in [0.25, 0.3) is 0 Å². The molecule has 1 rings (SSSR count). The number of carbonyl (C=O) groups is 2. The summed E-state index contributed by atoms with van der Waals surface area (Å²) in [7, 11) is 1.45. The van der Waals surface area contributed by atoms with Gasteiger partial charge in [-0.1, -0.05) is 20.8 Å².